The molecule has 1 aromatic rings. The first kappa shape index (κ1) is 6.65. The fourth-order valence-electron chi connectivity index (χ4n) is 0.713. The normalized spacial score (nSPS) is 22.5. The third-order valence-corrected chi connectivity index (χ3v) is 4.74. The van der Waals surface area contributed by atoms with Crippen LogP contribution in [0.2, 0.25) is 0 Å². The summed E-state index contributed by atoms with van der Waals surface area (Å²) in [5.41, 5.74) is 0. The molecule has 2 heterocycles. The van der Waals surface area contributed by atoms with Crippen molar-refractivity contribution in [1.82, 2.24) is 9.66 Å². The van der Waals surface area contributed by atoms with Crippen LogP contribution in [0, 0.1) is 0 Å². The summed E-state index contributed by atoms with van der Waals surface area (Å²) in [6.07, 6.45) is 3.31. The van der Waals surface area contributed by atoms with Gasteiger partial charge in [0.2, 0.25) is 0 Å². The predicted octanol–water partition coefficient (Wildman–Crippen LogP) is -0.708. The van der Waals surface area contributed by atoms with Gasteiger partial charge in [0, 0.05) is 0 Å². The minimum atomic E-state index is -1.05. The molecule has 1 atom stereocenters. The van der Waals surface area contributed by atoms with Crippen molar-refractivity contribution in [3.63, 3.8) is 0 Å². The van der Waals surface area contributed by atoms with Crippen LogP contribution in [0.3, 0.4) is 0 Å². The zero-order valence-corrected chi connectivity index (χ0v) is 9.52. The molecule has 2 rings (SSSR count). The van der Waals surface area contributed by atoms with Crippen molar-refractivity contribution in [3.05, 3.63) is 12.4 Å². The van der Waals surface area contributed by atoms with Gasteiger partial charge in [0.15, 0.2) is 0 Å². The first-order valence-electron chi connectivity index (χ1n) is 2.55. The van der Waals surface area contributed by atoms with Crippen molar-refractivity contribution in [3.8, 4) is 0 Å². The molecule has 6 heteroatoms. The molecular formula is C4H2N3OPbS. The molecule has 1 aliphatic heterocycles. The van der Waals surface area contributed by atoms with Gasteiger partial charge in [-0.15, -0.1) is 0 Å². The van der Waals surface area contributed by atoms with E-state index < -0.39 is 10.8 Å². The summed E-state index contributed by atoms with van der Waals surface area (Å²) in [5, 5.41) is 4.59. The zero-order chi connectivity index (χ0) is 7.14. The Bertz CT molecular complexity index is 331. The Morgan fingerprint density at radius 3 is 3.20 bits per heavy atom. The summed E-state index contributed by atoms with van der Waals surface area (Å²) < 4.78 is 13.5. The third-order valence-electron chi connectivity index (χ3n) is 1.13. The van der Waals surface area contributed by atoms with Gasteiger partial charge in [-0.3, -0.25) is 0 Å². The third kappa shape index (κ3) is 0.798. The Morgan fingerprint density at radius 1 is 1.70 bits per heavy atom. The maximum absolute atomic E-state index is 11.2. The van der Waals surface area contributed by atoms with Crippen LogP contribution in [0.1, 0.15) is 0 Å². The van der Waals surface area contributed by atoms with E-state index in [-0.39, 0.29) is 0 Å². The second-order valence-corrected chi connectivity index (χ2v) is 6.27. The van der Waals surface area contributed by atoms with Gasteiger partial charge >= 0.3 is 75.7 Å². The number of rotatable bonds is 0. The summed E-state index contributed by atoms with van der Waals surface area (Å²) >= 11 is 0.745. The molecule has 1 unspecified atom stereocenters. The monoisotopic (exact) mass is 348 g/mol. The van der Waals surface area contributed by atoms with Gasteiger partial charge in [-0.05, 0) is 0 Å². The van der Waals surface area contributed by atoms with Crippen LogP contribution in [0.15, 0.2) is 22.7 Å². The fourth-order valence-corrected chi connectivity index (χ4v) is 2.96. The molecule has 49 valence electrons. The summed E-state index contributed by atoms with van der Waals surface area (Å²) in [7, 11) is -1.05. The van der Waals surface area contributed by atoms with Crippen molar-refractivity contribution in [2.75, 3.05) is 0 Å². The van der Waals surface area contributed by atoms with E-state index in [9.17, 15) is 4.21 Å². The van der Waals surface area contributed by atoms with Crippen molar-refractivity contribution in [1.29, 1.82) is 0 Å². The van der Waals surface area contributed by atoms with Crippen molar-refractivity contribution < 1.29 is 4.21 Å². The van der Waals surface area contributed by atoms with Crippen molar-refractivity contribution in [2.45, 2.75) is 5.16 Å². The molecule has 0 saturated carbocycles. The van der Waals surface area contributed by atoms with Crippen LogP contribution in [0.5, 0.6) is 0 Å². The van der Waals surface area contributed by atoms with Gasteiger partial charge in [-0.1, -0.05) is 0 Å². The van der Waals surface area contributed by atoms with E-state index >= 15 is 0 Å². The number of fused-ring (bicyclic) bond motifs is 1. The Kier molecular flexibility index (Phi) is 1.48. The van der Waals surface area contributed by atoms with Crippen LogP contribution in [0.25, 0.3) is 0 Å². The Morgan fingerprint density at radius 2 is 2.50 bits per heavy atom. The molecule has 0 fully saturated rings. The quantitative estimate of drug-likeness (QED) is 0.583. The fraction of sp³-hybridized carbons (Fsp3) is 0. The molecule has 0 bridgehead atoms. The molecule has 0 aliphatic carbocycles. The second-order valence-electron chi connectivity index (χ2n) is 1.73. The molecule has 0 amide bonds. The molecule has 1 aromatic heterocycles. The molecular weight excluding hydrogens is 345 g/mol. The van der Waals surface area contributed by atoms with Gasteiger partial charge in [0.1, 0.15) is 0 Å². The van der Waals surface area contributed by atoms with Gasteiger partial charge in [-0.25, -0.2) is 0 Å². The summed E-state index contributed by atoms with van der Waals surface area (Å²) in [6, 6.07) is 0. The summed E-state index contributed by atoms with van der Waals surface area (Å²) in [6.45, 7) is 0. The number of hydrogen-bond donors (Lipinski definition) is 0. The average Bonchev–Trinajstić information content (AvgIpc) is 2.41. The Labute approximate surface area is 75.5 Å². The topological polar surface area (TPSA) is 47.2 Å². The van der Waals surface area contributed by atoms with E-state index in [2.05, 4.69) is 10.1 Å². The van der Waals surface area contributed by atoms with Gasteiger partial charge in [-0.2, -0.15) is 0 Å². The van der Waals surface area contributed by atoms with Crippen LogP contribution in [-0.2, 0) is 10.8 Å². The van der Waals surface area contributed by atoms with Crippen LogP contribution < -0.4 is 0 Å². The SMILES string of the molecule is O=S1[C]([Pb])=Nn2ccnc21. The number of imidazole rings is 1. The first-order valence-corrected chi connectivity index (χ1v) is 5.64. The Hall–Kier alpha value is -0.0479. The molecule has 0 saturated heterocycles. The van der Waals surface area contributed by atoms with Crippen molar-refractivity contribution in [2.24, 2.45) is 5.10 Å². The van der Waals surface area contributed by atoms with Crippen LogP contribution in [-0.4, -0.2) is 42.2 Å². The predicted molar refractivity (Wildman–Crippen MR) is 37.2 cm³/mol. The standard InChI is InChI=1S/C4H2N3OS.Pb/c8-9-3-6-7-2-1-5-4(7)9;/h1-2H;. The minimum absolute atomic E-state index is 0.560. The molecule has 4 nitrogen and oxygen atoms in total. The first-order chi connectivity index (χ1) is 4.79. The van der Waals surface area contributed by atoms with E-state index in [1.165, 1.54) is 0 Å². The van der Waals surface area contributed by atoms with Gasteiger partial charge in [0.05, 0.1) is 0 Å². The number of hydrogen-bond acceptors (Lipinski definition) is 3. The average molecular weight is 347 g/mol. The number of nitrogens with zero attached hydrogens (tertiary/aromatic N) is 3. The maximum atomic E-state index is 11.2. The van der Waals surface area contributed by atoms with Crippen molar-refractivity contribution >= 4 is 39.2 Å². The van der Waals surface area contributed by atoms with Gasteiger partial charge < -0.3 is 0 Å². The van der Waals surface area contributed by atoms with Crippen LogP contribution in [0.4, 0.5) is 0 Å². The van der Waals surface area contributed by atoms with E-state index in [0.717, 1.165) is 28.4 Å². The molecule has 3 radical (unpaired) electrons. The molecule has 0 aromatic carbocycles. The molecule has 0 N–H and O–H groups in total. The Balaban J connectivity index is 2.68. The molecule has 10 heavy (non-hydrogen) atoms. The van der Waals surface area contributed by atoms with E-state index in [1.54, 1.807) is 17.1 Å². The molecule has 1 aliphatic rings. The zero-order valence-electron chi connectivity index (χ0n) is 4.81. The van der Waals surface area contributed by atoms with E-state index in [4.69, 9.17) is 0 Å². The van der Waals surface area contributed by atoms with Crippen LogP contribution >= 0.6 is 0 Å². The van der Waals surface area contributed by atoms with E-state index in [0.29, 0.717) is 5.16 Å². The van der Waals surface area contributed by atoms with E-state index in [1.807, 2.05) is 0 Å². The van der Waals surface area contributed by atoms with Gasteiger partial charge in [0.25, 0.3) is 0 Å². The molecule has 0 spiro atoms. The summed E-state index contributed by atoms with van der Waals surface area (Å²) in [4.78, 5) is 3.90. The second kappa shape index (κ2) is 2.22. The number of aromatic nitrogens is 2. The summed E-state index contributed by atoms with van der Waals surface area (Å²) in [5.74, 6) is 0.